The quantitative estimate of drug-likeness (QED) is 0.368. The lowest BCUT2D eigenvalue weighted by atomic mass is 9.87. The van der Waals surface area contributed by atoms with Gasteiger partial charge in [0.15, 0.2) is 0 Å². The number of ether oxygens (including phenoxy) is 2. The van der Waals surface area contributed by atoms with Crippen molar-refractivity contribution in [2.45, 2.75) is 38.0 Å². The van der Waals surface area contributed by atoms with E-state index in [4.69, 9.17) is 14.5 Å². The molecule has 4 aliphatic rings. The van der Waals surface area contributed by atoms with E-state index in [-0.39, 0.29) is 6.04 Å². The summed E-state index contributed by atoms with van der Waals surface area (Å²) < 4.78 is 12.7. The van der Waals surface area contributed by atoms with E-state index >= 15 is 0 Å². The minimum Gasteiger partial charge on any atom is -0.481 e. The number of morpholine rings is 1. The topological polar surface area (TPSA) is 95.1 Å². The van der Waals surface area contributed by atoms with Crippen molar-refractivity contribution >= 4 is 17.0 Å². The van der Waals surface area contributed by atoms with Crippen molar-refractivity contribution in [3.63, 3.8) is 0 Å². The summed E-state index contributed by atoms with van der Waals surface area (Å²) in [4.78, 5) is 16.6. The van der Waals surface area contributed by atoms with E-state index in [0.29, 0.717) is 36.7 Å². The summed E-state index contributed by atoms with van der Waals surface area (Å²) in [5.41, 5.74) is 5.59. The van der Waals surface area contributed by atoms with Gasteiger partial charge in [-0.3, -0.25) is 4.90 Å². The summed E-state index contributed by atoms with van der Waals surface area (Å²) in [7, 11) is 1.64. The second-order valence-corrected chi connectivity index (χ2v) is 10.9. The number of methoxy groups -OCH3 is 1. The van der Waals surface area contributed by atoms with Gasteiger partial charge in [-0.2, -0.15) is 10.4 Å². The minimum absolute atomic E-state index is 0.261. The molecule has 4 aromatic rings. The standard InChI is InChI=1S/C30H32N8O2/c1-20-19-40-8-7-36(20)26-10-27(30-23(11-31)14-34-38(30)18-26)22-4-5-28(32-13-22)35-16-24-9-25(17-35)37(24)15-21-3-6-29(39-2)33-12-21/h3-6,10,12-14,18,20,24-25H,7-9,15-17,19H2,1-2H3/t20-,24?,25?/m0/s1. The van der Waals surface area contributed by atoms with Gasteiger partial charge in [0, 0.05) is 73.9 Å². The van der Waals surface area contributed by atoms with Crippen molar-refractivity contribution in [3.8, 4) is 23.1 Å². The van der Waals surface area contributed by atoms with Crippen LogP contribution in [-0.4, -0.2) is 82.6 Å². The number of nitrogens with zero attached hydrogens (tertiary/aromatic N) is 8. The maximum atomic E-state index is 9.77. The van der Waals surface area contributed by atoms with Crippen LogP contribution in [-0.2, 0) is 11.3 Å². The van der Waals surface area contributed by atoms with Crippen LogP contribution in [0.5, 0.6) is 5.88 Å². The SMILES string of the molecule is COc1ccc(CN2C3CC2CN(c2ccc(-c4cc(N5CCOC[C@@H]5C)cn5ncc(C#N)c45)cn2)C3)cn1. The number of anilines is 2. The first kappa shape index (κ1) is 24.8. The van der Waals surface area contributed by atoms with Crippen LogP contribution >= 0.6 is 0 Å². The number of piperidine rings is 1. The van der Waals surface area contributed by atoms with Crippen LogP contribution in [0, 0.1) is 11.3 Å². The van der Waals surface area contributed by atoms with Gasteiger partial charge in [0.1, 0.15) is 11.9 Å². The van der Waals surface area contributed by atoms with Crippen molar-refractivity contribution < 1.29 is 9.47 Å². The van der Waals surface area contributed by atoms with E-state index in [1.165, 1.54) is 12.0 Å². The number of nitriles is 1. The van der Waals surface area contributed by atoms with Gasteiger partial charge in [-0.05, 0) is 37.1 Å². The summed E-state index contributed by atoms with van der Waals surface area (Å²) in [6.45, 7) is 7.21. The number of fused-ring (bicyclic) bond motifs is 3. The zero-order valence-electron chi connectivity index (χ0n) is 22.8. The smallest absolute Gasteiger partial charge is 0.212 e. The molecule has 40 heavy (non-hydrogen) atoms. The Kier molecular flexibility index (Phi) is 6.25. The van der Waals surface area contributed by atoms with Crippen molar-refractivity contribution in [2.75, 3.05) is 49.8 Å². The highest BCUT2D eigenvalue weighted by atomic mass is 16.5. The molecule has 10 heteroatoms. The molecule has 4 aliphatic heterocycles. The van der Waals surface area contributed by atoms with Gasteiger partial charge in [0.2, 0.25) is 5.88 Å². The number of aromatic nitrogens is 4. The summed E-state index contributed by atoms with van der Waals surface area (Å²) in [5.74, 6) is 1.64. The minimum atomic E-state index is 0.261. The molecule has 0 N–H and O–H groups in total. The Labute approximate surface area is 233 Å². The second kappa shape index (κ2) is 10.1. The Morgan fingerprint density at radius 2 is 1.98 bits per heavy atom. The highest BCUT2D eigenvalue weighted by Gasteiger charge is 2.44. The lowest BCUT2D eigenvalue weighted by Gasteiger charge is -2.56. The zero-order chi connectivity index (χ0) is 27.2. The van der Waals surface area contributed by atoms with Gasteiger partial charge in [0.25, 0.3) is 0 Å². The lowest BCUT2D eigenvalue weighted by Crippen LogP contribution is -2.68. The summed E-state index contributed by atoms with van der Waals surface area (Å²) >= 11 is 0. The molecule has 4 saturated heterocycles. The van der Waals surface area contributed by atoms with Crippen LogP contribution in [0.2, 0.25) is 0 Å². The lowest BCUT2D eigenvalue weighted by molar-refractivity contribution is -0.00876. The Morgan fingerprint density at radius 3 is 2.67 bits per heavy atom. The second-order valence-electron chi connectivity index (χ2n) is 10.9. The van der Waals surface area contributed by atoms with Gasteiger partial charge < -0.3 is 19.3 Å². The molecule has 8 heterocycles. The predicted octanol–water partition coefficient (Wildman–Crippen LogP) is 3.36. The average molecular weight is 537 g/mol. The van der Waals surface area contributed by atoms with E-state index in [1.807, 2.05) is 29.2 Å². The highest BCUT2D eigenvalue weighted by molar-refractivity contribution is 5.86. The van der Waals surface area contributed by atoms with Crippen LogP contribution in [0.25, 0.3) is 16.6 Å². The fourth-order valence-electron chi connectivity index (χ4n) is 6.38. The monoisotopic (exact) mass is 536 g/mol. The first-order chi connectivity index (χ1) is 19.6. The molecule has 2 bridgehead atoms. The van der Waals surface area contributed by atoms with Crippen LogP contribution in [0.3, 0.4) is 0 Å². The molecular weight excluding hydrogens is 504 g/mol. The Morgan fingerprint density at radius 1 is 1.10 bits per heavy atom. The maximum absolute atomic E-state index is 9.77. The molecule has 0 saturated carbocycles. The molecule has 4 aromatic heterocycles. The molecule has 0 aromatic carbocycles. The molecule has 10 nitrogen and oxygen atoms in total. The van der Waals surface area contributed by atoms with Gasteiger partial charge in [-0.25, -0.2) is 14.5 Å². The predicted molar refractivity (Wildman–Crippen MR) is 152 cm³/mol. The Balaban J connectivity index is 1.11. The third kappa shape index (κ3) is 4.31. The van der Waals surface area contributed by atoms with Crippen molar-refractivity contribution in [1.29, 1.82) is 5.26 Å². The van der Waals surface area contributed by atoms with Gasteiger partial charge >= 0.3 is 0 Å². The van der Waals surface area contributed by atoms with Gasteiger partial charge in [-0.15, -0.1) is 0 Å². The number of pyridine rings is 3. The number of rotatable bonds is 6. The Hall–Kier alpha value is -4.20. The van der Waals surface area contributed by atoms with E-state index in [9.17, 15) is 5.26 Å². The van der Waals surface area contributed by atoms with Crippen molar-refractivity contribution in [2.24, 2.45) is 0 Å². The number of hydrogen-bond acceptors (Lipinski definition) is 9. The third-order valence-corrected chi connectivity index (χ3v) is 8.52. The maximum Gasteiger partial charge on any atom is 0.212 e. The summed E-state index contributed by atoms with van der Waals surface area (Å²) in [6, 6.07) is 14.0. The van der Waals surface area contributed by atoms with E-state index in [0.717, 1.165) is 54.3 Å². The molecule has 3 atom stereocenters. The highest BCUT2D eigenvalue weighted by Crippen LogP contribution is 2.37. The third-order valence-electron chi connectivity index (χ3n) is 8.52. The number of hydrogen-bond donors (Lipinski definition) is 0. The first-order valence-electron chi connectivity index (χ1n) is 13.8. The van der Waals surface area contributed by atoms with Crippen LogP contribution in [0.1, 0.15) is 24.5 Å². The Bertz CT molecular complexity index is 1550. The van der Waals surface area contributed by atoms with Crippen molar-refractivity contribution in [1.82, 2.24) is 24.5 Å². The van der Waals surface area contributed by atoms with E-state index in [2.05, 4.69) is 62.0 Å². The molecule has 0 amide bonds. The number of piperazine rings is 1. The molecule has 0 aliphatic carbocycles. The molecule has 4 fully saturated rings. The molecule has 0 spiro atoms. The normalized spacial score (nSPS) is 22.7. The fourth-order valence-corrected chi connectivity index (χ4v) is 6.38. The zero-order valence-corrected chi connectivity index (χ0v) is 22.8. The van der Waals surface area contributed by atoms with Crippen molar-refractivity contribution in [3.05, 3.63) is 66.2 Å². The fraction of sp³-hybridized carbons (Fsp3) is 0.400. The van der Waals surface area contributed by atoms with Gasteiger partial charge in [-0.1, -0.05) is 6.07 Å². The van der Waals surface area contributed by atoms with Gasteiger partial charge in [0.05, 0.1) is 49.5 Å². The van der Waals surface area contributed by atoms with Crippen LogP contribution < -0.4 is 14.5 Å². The van der Waals surface area contributed by atoms with E-state index < -0.39 is 0 Å². The molecule has 8 rings (SSSR count). The molecule has 0 radical (unpaired) electrons. The molecule has 204 valence electrons. The summed E-state index contributed by atoms with van der Waals surface area (Å²) in [6.07, 6.45) is 8.72. The molecular formula is C30H32N8O2. The average Bonchev–Trinajstić information content (AvgIpc) is 3.43. The van der Waals surface area contributed by atoms with Crippen LogP contribution in [0.15, 0.2) is 55.1 Å². The summed E-state index contributed by atoms with van der Waals surface area (Å²) in [5, 5.41) is 14.3. The largest absolute Gasteiger partial charge is 0.481 e. The first-order valence-corrected chi connectivity index (χ1v) is 13.8. The van der Waals surface area contributed by atoms with E-state index in [1.54, 1.807) is 13.3 Å². The van der Waals surface area contributed by atoms with Crippen LogP contribution in [0.4, 0.5) is 11.5 Å². The molecule has 2 unspecified atom stereocenters.